The maximum absolute atomic E-state index is 12.8. The number of sulfonamides is 1. The Labute approximate surface area is 157 Å². The zero-order valence-electron chi connectivity index (χ0n) is 15.1. The van der Waals surface area contributed by atoms with Gasteiger partial charge in [-0.05, 0) is 25.0 Å². The van der Waals surface area contributed by atoms with Gasteiger partial charge in [0.05, 0.1) is 16.4 Å². The molecule has 0 radical (unpaired) electrons. The predicted molar refractivity (Wildman–Crippen MR) is 98.9 cm³/mol. The second kappa shape index (κ2) is 9.11. The molecule has 1 aliphatic heterocycles. The van der Waals surface area contributed by atoms with Gasteiger partial charge in [-0.3, -0.25) is 14.9 Å². The number of nitrogens with zero attached hydrogens (tertiary/aromatic N) is 2. The fourth-order valence-corrected chi connectivity index (χ4v) is 4.47. The van der Waals surface area contributed by atoms with E-state index in [2.05, 4.69) is 10.6 Å². The first-order valence-electron chi connectivity index (χ1n) is 8.69. The van der Waals surface area contributed by atoms with Gasteiger partial charge in [-0.2, -0.15) is 4.31 Å². The van der Waals surface area contributed by atoms with Crippen LogP contribution >= 0.6 is 0 Å². The lowest BCUT2D eigenvalue weighted by Crippen LogP contribution is -2.40. The van der Waals surface area contributed by atoms with E-state index in [0.29, 0.717) is 13.1 Å². The largest absolute Gasteiger partial charge is 0.394 e. The van der Waals surface area contributed by atoms with Gasteiger partial charge in [0.15, 0.2) is 0 Å². The molecule has 1 aliphatic rings. The Balaban J connectivity index is 2.36. The van der Waals surface area contributed by atoms with Crippen molar-refractivity contribution in [3.8, 4) is 0 Å². The fourth-order valence-electron chi connectivity index (χ4n) is 2.93. The number of nitrogens with one attached hydrogen (secondary N) is 2. The molecule has 11 heteroatoms. The van der Waals surface area contributed by atoms with E-state index in [9.17, 15) is 28.4 Å². The number of aliphatic hydroxyl groups excluding tert-OH is 1. The zero-order valence-corrected chi connectivity index (χ0v) is 15.9. The van der Waals surface area contributed by atoms with Gasteiger partial charge in [0.25, 0.3) is 5.69 Å². The maximum atomic E-state index is 12.8. The summed E-state index contributed by atoms with van der Waals surface area (Å²) in [4.78, 5) is 22.2. The SMILES string of the molecule is CNC(=O)[C@@H](CO)Nc1ccc(S(=O)(=O)N2CCCCCC2)cc1[N+](=O)[O-]. The van der Waals surface area contributed by atoms with E-state index >= 15 is 0 Å². The normalized spacial score (nSPS) is 17.0. The molecule has 10 nitrogen and oxygen atoms in total. The Bertz CT molecular complexity index is 790. The summed E-state index contributed by atoms with van der Waals surface area (Å²) in [6, 6.07) is 2.41. The van der Waals surface area contributed by atoms with Gasteiger partial charge in [0, 0.05) is 26.2 Å². The van der Waals surface area contributed by atoms with Gasteiger partial charge in [-0.25, -0.2) is 8.42 Å². The van der Waals surface area contributed by atoms with Crippen molar-refractivity contribution in [3.63, 3.8) is 0 Å². The monoisotopic (exact) mass is 400 g/mol. The van der Waals surface area contributed by atoms with Crippen LogP contribution in [0.2, 0.25) is 0 Å². The van der Waals surface area contributed by atoms with Crippen LogP contribution in [0.25, 0.3) is 0 Å². The lowest BCUT2D eigenvalue weighted by Gasteiger charge is -2.20. The number of benzene rings is 1. The third-order valence-electron chi connectivity index (χ3n) is 4.44. The summed E-state index contributed by atoms with van der Waals surface area (Å²) in [5.74, 6) is -0.548. The number of amides is 1. The average Bonchev–Trinajstić information content (AvgIpc) is 2.95. The van der Waals surface area contributed by atoms with Crippen molar-refractivity contribution in [2.24, 2.45) is 0 Å². The Morgan fingerprint density at radius 2 is 1.93 bits per heavy atom. The van der Waals surface area contributed by atoms with E-state index in [1.54, 1.807) is 0 Å². The Morgan fingerprint density at radius 3 is 2.44 bits per heavy atom. The van der Waals surface area contributed by atoms with Crippen molar-refractivity contribution < 1.29 is 23.2 Å². The van der Waals surface area contributed by atoms with Crippen LogP contribution in [0.15, 0.2) is 23.1 Å². The van der Waals surface area contributed by atoms with Crippen LogP contribution in [0, 0.1) is 10.1 Å². The van der Waals surface area contributed by atoms with E-state index < -0.39 is 39.2 Å². The van der Waals surface area contributed by atoms with Gasteiger partial charge in [-0.15, -0.1) is 0 Å². The molecule has 1 heterocycles. The van der Waals surface area contributed by atoms with Crippen molar-refractivity contribution >= 4 is 27.3 Å². The molecule has 0 aromatic heterocycles. The van der Waals surface area contributed by atoms with E-state index in [1.165, 1.54) is 23.5 Å². The number of nitro groups is 1. The van der Waals surface area contributed by atoms with Crippen LogP contribution in [0.5, 0.6) is 0 Å². The van der Waals surface area contributed by atoms with Crippen LogP contribution in [0.3, 0.4) is 0 Å². The molecule has 0 saturated carbocycles. The molecular weight excluding hydrogens is 376 g/mol. The van der Waals surface area contributed by atoms with Crippen molar-refractivity contribution in [2.45, 2.75) is 36.6 Å². The lowest BCUT2D eigenvalue weighted by molar-refractivity contribution is -0.384. The standard InChI is InChI=1S/C16H24N4O6S/c1-17-16(22)14(11-21)18-13-7-6-12(10-15(13)20(23)24)27(25,26)19-8-4-2-3-5-9-19/h6-7,10,14,18,21H,2-5,8-9,11H2,1H3,(H,17,22)/t14-/m1/s1. The molecule has 1 amide bonds. The van der Waals surface area contributed by atoms with E-state index in [4.69, 9.17) is 0 Å². The highest BCUT2D eigenvalue weighted by Crippen LogP contribution is 2.30. The van der Waals surface area contributed by atoms with Crippen LogP contribution < -0.4 is 10.6 Å². The summed E-state index contributed by atoms with van der Waals surface area (Å²) in [5, 5.41) is 25.7. The van der Waals surface area contributed by atoms with Crippen LogP contribution in [0.1, 0.15) is 25.7 Å². The summed E-state index contributed by atoms with van der Waals surface area (Å²) in [5.41, 5.74) is -0.522. The summed E-state index contributed by atoms with van der Waals surface area (Å²) < 4.78 is 27.0. The second-order valence-electron chi connectivity index (χ2n) is 6.25. The number of nitro benzene ring substituents is 1. The molecule has 3 N–H and O–H groups in total. The number of aliphatic hydroxyl groups is 1. The van der Waals surface area contributed by atoms with Crippen molar-refractivity contribution in [1.82, 2.24) is 9.62 Å². The quantitative estimate of drug-likeness (QED) is 0.451. The topological polar surface area (TPSA) is 142 Å². The maximum Gasteiger partial charge on any atom is 0.293 e. The Kier molecular flexibility index (Phi) is 7.11. The summed E-state index contributed by atoms with van der Waals surface area (Å²) in [7, 11) is -2.47. The highest BCUT2D eigenvalue weighted by Gasteiger charge is 2.29. The predicted octanol–water partition coefficient (Wildman–Crippen LogP) is 0.678. The smallest absolute Gasteiger partial charge is 0.293 e. The third-order valence-corrected chi connectivity index (χ3v) is 6.34. The molecule has 1 aromatic carbocycles. The minimum absolute atomic E-state index is 0.0440. The molecule has 1 aromatic rings. The number of anilines is 1. The first-order chi connectivity index (χ1) is 12.8. The van der Waals surface area contributed by atoms with E-state index in [-0.39, 0.29) is 10.6 Å². The number of hydrogen-bond acceptors (Lipinski definition) is 7. The highest BCUT2D eigenvalue weighted by atomic mass is 32.2. The summed E-state index contributed by atoms with van der Waals surface area (Å²) >= 11 is 0. The van der Waals surface area contributed by atoms with E-state index in [1.807, 2.05) is 0 Å². The number of hydrogen-bond donors (Lipinski definition) is 3. The molecule has 1 saturated heterocycles. The molecule has 0 bridgehead atoms. The molecule has 2 rings (SSSR count). The molecule has 0 spiro atoms. The number of carbonyl (C=O) groups excluding carboxylic acids is 1. The molecule has 1 atom stereocenters. The lowest BCUT2D eigenvalue weighted by atomic mass is 10.2. The molecule has 1 fully saturated rings. The van der Waals surface area contributed by atoms with Crippen LogP contribution in [-0.4, -0.2) is 61.4 Å². The minimum atomic E-state index is -3.84. The van der Waals surface area contributed by atoms with Crippen LogP contribution in [-0.2, 0) is 14.8 Å². The van der Waals surface area contributed by atoms with Crippen molar-refractivity contribution in [1.29, 1.82) is 0 Å². The molecular formula is C16H24N4O6S. The van der Waals surface area contributed by atoms with Gasteiger partial charge >= 0.3 is 0 Å². The Hall–Kier alpha value is -2.24. The summed E-state index contributed by atoms with van der Waals surface area (Å²) in [6.07, 6.45) is 3.42. The molecule has 0 unspecified atom stereocenters. The zero-order chi connectivity index (χ0) is 20.0. The first kappa shape index (κ1) is 21.1. The van der Waals surface area contributed by atoms with Gasteiger partial charge < -0.3 is 15.7 Å². The highest BCUT2D eigenvalue weighted by molar-refractivity contribution is 7.89. The number of likely N-dealkylation sites (N-methyl/N-ethyl adjacent to an activating group) is 1. The number of carbonyl (C=O) groups is 1. The van der Waals surface area contributed by atoms with Crippen molar-refractivity contribution in [2.75, 3.05) is 32.1 Å². The van der Waals surface area contributed by atoms with E-state index in [0.717, 1.165) is 31.7 Å². The third kappa shape index (κ3) is 4.93. The average molecular weight is 400 g/mol. The molecule has 27 heavy (non-hydrogen) atoms. The van der Waals surface area contributed by atoms with Crippen molar-refractivity contribution in [3.05, 3.63) is 28.3 Å². The molecule has 150 valence electrons. The van der Waals surface area contributed by atoms with Crippen LogP contribution in [0.4, 0.5) is 11.4 Å². The summed E-state index contributed by atoms with van der Waals surface area (Å²) in [6.45, 7) is 0.198. The van der Waals surface area contributed by atoms with Gasteiger partial charge in [-0.1, -0.05) is 12.8 Å². The number of rotatable bonds is 7. The van der Waals surface area contributed by atoms with Gasteiger partial charge in [0.2, 0.25) is 15.9 Å². The first-order valence-corrected chi connectivity index (χ1v) is 10.1. The van der Waals surface area contributed by atoms with Gasteiger partial charge in [0.1, 0.15) is 11.7 Å². The Morgan fingerprint density at radius 1 is 1.30 bits per heavy atom. The minimum Gasteiger partial charge on any atom is -0.394 e. The second-order valence-corrected chi connectivity index (χ2v) is 8.19. The fraction of sp³-hybridized carbons (Fsp3) is 0.562. The molecule has 0 aliphatic carbocycles.